The topological polar surface area (TPSA) is 83.7 Å². The van der Waals surface area contributed by atoms with E-state index in [0.717, 1.165) is 17.9 Å². The van der Waals surface area contributed by atoms with Gasteiger partial charge in [0.1, 0.15) is 5.82 Å². The second kappa shape index (κ2) is 4.18. The number of nitrogens with zero attached hydrogens (tertiary/aromatic N) is 4. The molecule has 2 aromatic heterocycles. The van der Waals surface area contributed by atoms with E-state index in [-0.39, 0.29) is 5.95 Å². The molecular weight excluding hydrogens is 204 g/mol. The van der Waals surface area contributed by atoms with Crippen LogP contribution in [0.5, 0.6) is 0 Å². The van der Waals surface area contributed by atoms with Gasteiger partial charge in [0, 0.05) is 25.4 Å². The van der Waals surface area contributed by atoms with Gasteiger partial charge in [-0.25, -0.2) is 4.98 Å². The molecule has 6 heteroatoms. The lowest BCUT2D eigenvalue weighted by molar-refractivity contribution is 0.938. The highest BCUT2D eigenvalue weighted by molar-refractivity contribution is 5.60. The third kappa shape index (κ3) is 1.95. The number of aromatic amines is 1. The van der Waals surface area contributed by atoms with Crippen LogP contribution in [0.15, 0.2) is 18.3 Å². The van der Waals surface area contributed by atoms with Gasteiger partial charge in [0.2, 0.25) is 5.95 Å². The summed E-state index contributed by atoms with van der Waals surface area (Å²) >= 11 is 0. The van der Waals surface area contributed by atoms with Crippen molar-refractivity contribution in [3.63, 3.8) is 0 Å². The maximum absolute atomic E-state index is 5.46. The van der Waals surface area contributed by atoms with E-state index in [9.17, 15) is 0 Å². The van der Waals surface area contributed by atoms with Crippen LogP contribution in [-0.4, -0.2) is 33.8 Å². The van der Waals surface area contributed by atoms with Crippen LogP contribution in [0.1, 0.15) is 6.92 Å². The Balaban J connectivity index is 2.36. The fourth-order valence-electron chi connectivity index (χ4n) is 1.34. The lowest BCUT2D eigenvalue weighted by Crippen LogP contribution is -2.16. The molecule has 0 unspecified atom stereocenters. The summed E-state index contributed by atoms with van der Waals surface area (Å²) in [5.74, 6) is 1.80. The molecule has 16 heavy (non-hydrogen) atoms. The van der Waals surface area contributed by atoms with Gasteiger partial charge in [-0.1, -0.05) is 0 Å². The number of H-pyrrole nitrogens is 1. The molecule has 0 atom stereocenters. The lowest BCUT2D eigenvalue weighted by atomic mass is 10.2. The fraction of sp³-hybridized carbons (Fsp3) is 0.300. The van der Waals surface area contributed by atoms with E-state index in [4.69, 9.17) is 5.73 Å². The Morgan fingerprint density at radius 3 is 2.94 bits per heavy atom. The monoisotopic (exact) mass is 218 g/mol. The van der Waals surface area contributed by atoms with Crippen molar-refractivity contribution in [3.8, 4) is 11.4 Å². The SMILES string of the molecule is CCN(C)c1cc(-c2nc(N)n[nH]2)ccn1. The number of hydrogen-bond acceptors (Lipinski definition) is 5. The number of rotatable bonds is 3. The molecule has 0 spiro atoms. The Labute approximate surface area is 93.5 Å². The number of nitrogens with one attached hydrogen (secondary N) is 1. The number of pyridine rings is 1. The third-order valence-corrected chi connectivity index (χ3v) is 2.39. The molecule has 0 radical (unpaired) electrons. The molecule has 0 fully saturated rings. The zero-order valence-electron chi connectivity index (χ0n) is 9.31. The minimum absolute atomic E-state index is 0.247. The number of nitrogen functional groups attached to an aromatic ring is 1. The minimum Gasteiger partial charge on any atom is -0.366 e. The maximum Gasteiger partial charge on any atom is 0.239 e. The number of anilines is 2. The molecule has 0 aromatic carbocycles. The van der Waals surface area contributed by atoms with Crippen LogP contribution in [-0.2, 0) is 0 Å². The first kappa shape index (κ1) is 10.4. The summed E-state index contributed by atoms with van der Waals surface area (Å²) in [6.45, 7) is 2.97. The molecule has 2 heterocycles. The summed E-state index contributed by atoms with van der Waals surface area (Å²) in [4.78, 5) is 10.4. The Hall–Kier alpha value is -2.11. The Morgan fingerprint density at radius 2 is 2.31 bits per heavy atom. The first-order valence-corrected chi connectivity index (χ1v) is 5.06. The zero-order chi connectivity index (χ0) is 11.5. The predicted octanol–water partition coefficient (Wildman–Crippen LogP) is 0.905. The molecule has 0 aliphatic rings. The van der Waals surface area contributed by atoms with Crippen molar-refractivity contribution in [2.45, 2.75) is 6.92 Å². The molecular formula is C10H14N6. The van der Waals surface area contributed by atoms with Crippen LogP contribution in [0, 0.1) is 0 Å². The highest BCUT2D eigenvalue weighted by Gasteiger charge is 2.06. The molecule has 0 bridgehead atoms. The van der Waals surface area contributed by atoms with Gasteiger partial charge in [-0.2, -0.15) is 4.98 Å². The van der Waals surface area contributed by atoms with Gasteiger partial charge >= 0.3 is 0 Å². The molecule has 3 N–H and O–H groups in total. The van der Waals surface area contributed by atoms with E-state index in [2.05, 4.69) is 27.1 Å². The van der Waals surface area contributed by atoms with Crippen molar-refractivity contribution in [1.29, 1.82) is 0 Å². The summed E-state index contributed by atoms with van der Waals surface area (Å²) in [6.07, 6.45) is 1.75. The maximum atomic E-state index is 5.46. The van der Waals surface area contributed by atoms with E-state index in [1.807, 2.05) is 24.1 Å². The number of aromatic nitrogens is 4. The van der Waals surface area contributed by atoms with Crippen molar-refractivity contribution in [2.75, 3.05) is 24.2 Å². The molecule has 6 nitrogen and oxygen atoms in total. The minimum atomic E-state index is 0.247. The summed E-state index contributed by atoms with van der Waals surface area (Å²) in [6, 6.07) is 3.82. The first-order chi connectivity index (χ1) is 7.70. The predicted molar refractivity (Wildman–Crippen MR) is 63.0 cm³/mol. The van der Waals surface area contributed by atoms with Gasteiger partial charge in [-0.15, -0.1) is 5.10 Å². The molecule has 0 saturated heterocycles. The van der Waals surface area contributed by atoms with Gasteiger partial charge in [0.15, 0.2) is 5.82 Å². The summed E-state index contributed by atoms with van der Waals surface area (Å²) in [5.41, 5.74) is 6.39. The van der Waals surface area contributed by atoms with Crippen molar-refractivity contribution in [1.82, 2.24) is 20.2 Å². The number of nitrogens with two attached hydrogens (primary N) is 1. The standard InChI is InChI=1S/C10H14N6/c1-3-16(2)8-6-7(4-5-12-8)9-13-10(11)15-14-9/h4-6H,3H2,1-2H3,(H3,11,13,14,15). The molecule has 84 valence electrons. The van der Waals surface area contributed by atoms with Gasteiger partial charge in [0.05, 0.1) is 0 Å². The van der Waals surface area contributed by atoms with Crippen LogP contribution in [0.4, 0.5) is 11.8 Å². The van der Waals surface area contributed by atoms with Gasteiger partial charge in [0.25, 0.3) is 0 Å². The van der Waals surface area contributed by atoms with E-state index in [1.54, 1.807) is 6.20 Å². The smallest absolute Gasteiger partial charge is 0.239 e. The molecule has 2 rings (SSSR count). The fourth-order valence-corrected chi connectivity index (χ4v) is 1.34. The summed E-state index contributed by atoms with van der Waals surface area (Å²) in [7, 11) is 1.99. The van der Waals surface area contributed by atoms with Gasteiger partial charge in [-0.3, -0.25) is 5.10 Å². The second-order valence-corrected chi connectivity index (χ2v) is 3.46. The van der Waals surface area contributed by atoms with E-state index < -0.39 is 0 Å². The largest absolute Gasteiger partial charge is 0.366 e. The summed E-state index contributed by atoms with van der Waals surface area (Å²) in [5, 5.41) is 6.57. The molecule has 0 aliphatic heterocycles. The Kier molecular flexibility index (Phi) is 2.72. The van der Waals surface area contributed by atoms with E-state index >= 15 is 0 Å². The van der Waals surface area contributed by atoms with Crippen molar-refractivity contribution in [3.05, 3.63) is 18.3 Å². The Bertz CT molecular complexity index is 478. The van der Waals surface area contributed by atoms with Crippen LogP contribution in [0.25, 0.3) is 11.4 Å². The molecule has 2 aromatic rings. The number of hydrogen-bond donors (Lipinski definition) is 2. The van der Waals surface area contributed by atoms with Gasteiger partial charge in [-0.05, 0) is 19.1 Å². The normalized spacial score (nSPS) is 10.4. The molecule has 0 aliphatic carbocycles. The summed E-state index contributed by atoms with van der Waals surface area (Å²) < 4.78 is 0. The highest BCUT2D eigenvalue weighted by Crippen LogP contribution is 2.19. The lowest BCUT2D eigenvalue weighted by Gasteiger charge is -2.15. The average Bonchev–Trinajstić information content (AvgIpc) is 2.75. The quantitative estimate of drug-likeness (QED) is 0.799. The van der Waals surface area contributed by atoms with Crippen molar-refractivity contribution >= 4 is 11.8 Å². The Morgan fingerprint density at radius 1 is 1.50 bits per heavy atom. The van der Waals surface area contributed by atoms with Gasteiger partial charge < -0.3 is 10.6 Å². The van der Waals surface area contributed by atoms with Crippen LogP contribution in [0.3, 0.4) is 0 Å². The molecule has 0 saturated carbocycles. The second-order valence-electron chi connectivity index (χ2n) is 3.46. The first-order valence-electron chi connectivity index (χ1n) is 5.06. The van der Waals surface area contributed by atoms with E-state index in [1.165, 1.54) is 0 Å². The highest BCUT2D eigenvalue weighted by atomic mass is 15.3. The van der Waals surface area contributed by atoms with E-state index in [0.29, 0.717) is 5.82 Å². The zero-order valence-corrected chi connectivity index (χ0v) is 9.31. The van der Waals surface area contributed by atoms with Crippen molar-refractivity contribution < 1.29 is 0 Å². The van der Waals surface area contributed by atoms with Crippen LogP contribution < -0.4 is 10.6 Å². The van der Waals surface area contributed by atoms with Crippen LogP contribution in [0.2, 0.25) is 0 Å². The average molecular weight is 218 g/mol. The van der Waals surface area contributed by atoms with Crippen LogP contribution >= 0.6 is 0 Å². The third-order valence-electron chi connectivity index (χ3n) is 2.39. The molecule has 0 amide bonds. The van der Waals surface area contributed by atoms with Crippen molar-refractivity contribution in [2.24, 2.45) is 0 Å².